The van der Waals surface area contributed by atoms with Gasteiger partial charge in [-0.1, -0.05) is 42.0 Å². The smallest absolute Gasteiger partial charge is 0.325 e. The van der Waals surface area contributed by atoms with Crippen molar-refractivity contribution in [1.29, 1.82) is 0 Å². The van der Waals surface area contributed by atoms with Crippen LogP contribution in [0.3, 0.4) is 0 Å². The summed E-state index contributed by atoms with van der Waals surface area (Å²) >= 11 is 0. The van der Waals surface area contributed by atoms with Crippen molar-refractivity contribution in [2.75, 3.05) is 20.2 Å². The van der Waals surface area contributed by atoms with Crippen molar-refractivity contribution in [1.82, 2.24) is 10.2 Å². The summed E-state index contributed by atoms with van der Waals surface area (Å²) in [7, 11) is 1.66. The fourth-order valence-corrected chi connectivity index (χ4v) is 2.51. The monoisotopic (exact) mass is 368 g/mol. The van der Waals surface area contributed by atoms with Gasteiger partial charge in [0.15, 0.2) is 6.61 Å². The molecule has 0 saturated heterocycles. The first-order chi connectivity index (χ1) is 12.9. The number of esters is 1. The van der Waals surface area contributed by atoms with Gasteiger partial charge in [0.2, 0.25) is 0 Å². The zero-order valence-electron chi connectivity index (χ0n) is 15.8. The first-order valence-corrected chi connectivity index (χ1v) is 8.66. The van der Waals surface area contributed by atoms with E-state index in [0.29, 0.717) is 12.1 Å². The number of amides is 2. The first-order valence-electron chi connectivity index (χ1n) is 8.66. The van der Waals surface area contributed by atoms with Gasteiger partial charge < -0.3 is 15.0 Å². The zero-order valence-corrected chi connectivity index (χ0v) is 15.8. The summed E-state index contributed by atoms with van der Waals surface area (Å²) in [6.45, 7) is 3.80. The minimum atomic E-state index is -0.660. The standard InChI is InChI=1S/C21H24N2O4/c1-15-9-10-18(16(2)11-15)13-23(3)19(24)14-27-20(25)12-22-21(26)17-7-5-4-6-8-17/h4-11H,12-14H2,1-3H3,(H,22,26). The maximum atomic E-state index is 12.2. The molecule has 2 aromatic carbocycles. The lowest BCUT2D eigenvalue weighted by molar-refractivity contribution is -0.150. The Bertz CT molecular complexity index is 818. The van der Waals surface area contributed by atoms with Crippen LogP contribution in [0.15, 0.2) is 48.5 Å². The van der Waals surface area contributed by atoms with Gasteiger partial charge >= 0.3 is 5.97 Å². The van der Waals surface area contributed by atoms with Crippen LogP contribution in [-0.4, -0.2) is 42.9 Å². The van der Waals surface area contributed by atoms with Crippen LogP contribution in [0.4, 0.5) is 0 Å². The Morgan fingerprint density at radius 2 is 1.74 bits per heavy atom. The van der Waals surface area contributed by atoms with Gasteiger partial charge in [-0.3, -0.25) is 14.4 Å². The van der Waals surface area contributed by atoms with Crippen LogP contribution in [0.1, 0.15) is 27.0 Å². The summed E-state index contributed by atoms with van der Waals surface area (Å²) in [4.78, 5) is 37.3. The van der Waals surface area contributed by atoms with Gasteiger partial charge in [0.25, 0.3) is 11.8 Å². The molecule has 6 heteroatoms. The van der Waals surface area contributed by atoms with Crippen molar-refractivity contribution in [3.8, 4) is 0 Å². The predicted molar refractivity (Wildman–Crippen MR) is 102 cm³/mol. The van der Waals surface area contributed by atoms with Crippen molar-refractivity contribution in [3.63, 3.8) is 0 Å². The molecule has 0 aliphatic heterocycles. The van der Waals surface area contributed by atoms with Crippen LogP contribution in [-0.2, 0) is 20.9 Å². The van der Waals surface area contributed by atoms with Gasteiger partial charge in [-0.2, -0.15) is 0 Å². The number of nitrogens with zero attached hydrogens (tertiary/aromatic N) is 1. The second kappa shape index (κ2) is 9.52. The van der Waals surface area contributed by atoms with Crippen molar-refractivity contribution in [2.45, 2.75) is 20.4 Å². The van der Waals surface area contributed by atoms with E-state index in [1.807, 2.05) is 26.0 Å². The van der Waals surface area contributed by atoms with Crippen LogP contribution in [0, 0.1) is 13.8 Å². The molecule has 142 valence electrons. The van der Waals surface area contributed by atoms with E-state index >= 15 is 0 Å². The molecule has 2 aromatic rings. The topological polar surface area (TPSA) is 75.7 Å². The number of nitrogens with one attached hydrogen (secondary N) is 1. The summed E-state index contributed by atoms with van der Waals surface area (Å²) in [5.74, 6) is -1.34. The number of likely N-dealkylation sites (N-methyl/N-ethyl adjacent to an activating group) is 1. The molecule has 0 heterocycles. The Morgan fingerprint density at radius 1 is 1.04 bits per heavy atom. The lowest BCUT2D eigenvalue weighted by Crippen LogP contribution is -2.34. The number of rotatable bonds is 7. The first kappa shape index (κ1) is 20.2. The Balaban J connectivity index is 1.75. The van der Waals surface area contributed by atoms with Crippen LogP contribution < -0.4 is 5.32 Å². The molecule has 27 heavy (non-hydrogen) atoms. The third-order valence-corrected chi connectivity index (χ3v) is 4.12. The summed E-state index contributed by atoms with van der Waals surface area (Å²) < 4.78 is 4.95. The number of hydrogen-bond donors (Lipinski definition) is 1. The highest BCUT2D eigenvalue weighted by Gasteiger charge is 2.14. The minimum absolute atomic E-state index is 0.290. The maximum Gasteiger partial charge on any atom is 0.325 e. The number of benzene rings is 2. The molecular weight excluding hydrogens is 344 g/mol. The predicted octanol–water partition coefficient (Wildman–Crippen LogP) is 2.24. The van der Waals surface area contributed by atoms with Gasteiger partial charge in [-0.25, -0.2) is 0 Å². The van der Waals surface area contributed by atoms with E-state index in [2.05, 4.69) is 11.4 Å². The Labute approximate surface area is 159 Å². The van der Waals surface area contributed by atoms with E-state index in [1.165, 1.54) is 4.90 Å². The SMILES string of the molecule is Cc1ccc(CN(C)C(=O)COC(=O)CNC(=O)c2ccccc2)c(C)c1. The Morgan fingerprint density at radius 3 is 2.41 bits per heavy atom. The van der Waals surface area contributed by atoms with Crippen molar-refractivity contribution < 1.29 is 19.1 Å². The van der Waals surface area contributed by atoms with E-state index in [9.17, 15) is 14.4 Å². The van der Waals surface area contributed by atoms with E-state index in [4.69, 9.17) is 4.74 Å². The average molecular weight is 368 g/mol. The van der Waals surface area contributed by atoms with Gasteiger partial charge in [-0.15, -0.1) is 0 Å². The molecule has 0 aliphatic carbocycles. The number of ether oxygens (including phenoxy) is 1. The van der Waals surface area contributed by atoms with Crippen molar-refractivity contribution in [2.24, 2.45) is 0 Å². The lowest BCUT2D eigenvalue weighted by atomic mass is 10.1. The molecule has 0 fully saturated rings. The fraction of sp³-hybridized carbons (Fsp3) is 0.286. The van der Waals surface area contributed by atoms with Crippen molar-refractivity contribution in [3.05, 3.63) is 70.8 Å². The van der Waals surface area contributed by atoms with Gasteiger partial charge in [-0.05, 0) is 37.1 Å². The van der Waals surface area contributed by atoms with E-state index in [0.717, 1.165) is 16.7 Å². The number of carbonyl (C=O) groups is 3. The molecule has 6 nitrogen and oxygen atoms in total. The normalized spacial score (nSPS) is 10.2. The van der Waals surface area contributed by atoms with Crippen LogP contribution in [0.5, 0.6) is 0 Å². The highest BCUT2D eigenvalue weighted by Crippen LogP contribution is 2.12. The van der Waals surface area contributed by atoms with Gasteiger partial charge in [0.05, 0.1) is 0 Å². The third kappa shape index (κ3) is 6.26. The summed E-state index contributed by atoms with van der Waals surface area (Å²) in [6, 6.07) is 14.6. The minimum Gasteiger partial charge on any atom is -0.454 e. The summed E-state index contributed by atoms with van der Waals surface area (Å²) in [5.41, 5.74) is 3.76. The Hall–Kier alpha value is -3.15. The van der Waals surface area contributed by atoms with E-state index in [-0.39, 0.29) is 25.0 Å². The van der Waals surface area contributed by atoms with E-state index < -0.39 is 5.97 Å². The second-order valence-corrected chi connectivity index (χ2v) is 6.39. The summed E-state index contributed by atoms with van der Waals surface area (Å²) in [6.07, 6.45) is 0. The number of aryl methyl sites for hydroxylation is 2. The molecule has 0 unspecified atom stereocenters. The molecule has 0 aliphatic rings. The average Bonchev–Trinajstić information content (AvgIpc) is 2.66. The molecular formula is C21H24N2O4. The number of hydrogen-bond acceptors (Lipinski definition) is 4. The lowest BCUT2D eigenvalue weighted by Gasteiger charge is -2.18. The number of carbonyl (C=O) groups excluding carboxylic acids is 3. The van der Waals surface area contributed by atoms with Gasteiger partial charge in [0.1, 0.15) is 6.54 Å². The highest BCUT2D eigenvalue weighted by atomic mass is 16.5. The molecule has 0 atom stereocenters. The molecule has 1 N–H and O–H groups in total. The maximum absolute atomic E-state index is 12.2. The molecule has 2 rings (SSSR count). The fourth-order valence-electron chi connectivity index (χ4n) is 2.51. The van der Waals surface area contributed by atoms with Crippen LogP contribution >= 0.6 is 0 Å². The van der Waals surface area contributed by atoms with Gasteiger partial charge in [0, 0.05) is 19.2 Å². The second-order valence-electron chi connectivity index (χ2n) is 6.39. The Kier molecular flexibility index (Phi) is 7.11. The molecule has 0 spiro atoms. The molecule has 0 radical (unpaired) electrons. The largest absolute Gasteiger partial charge is 0.454 e. The molecule has 0 saturated carbocycles. The molecule has 0 bridgehead atoms. The molecule has 0 aromatic heterocycles. The van der Waals surface area contributed by atoms with E-state index in [1.54, 1.807) is 37.4 Å². The van der Waals surface area contributed by atoms with Crippen molar-refractivity contribution >= 4 is 17.8 Å². The zero-order chi connectivity index (χ0) is 19.8. The highest BCUT2D eigenvalue weighted by molar-refractivity contribution is 5.96. The van der Waals surface area contributed by atoms with Crippen LogP contribution in [0.25, 0.3) is 0 Å². The third-order valence-electron chi connectivity index (χ3n) is 4.12. The molecule has 2 amide bonds. The summed E-state index contributed by atoms with van der Waals surface area (Å²) in [5, 5.41) is 2.47. The quantitative estimate of drug-likeness (QED) is 0.761. The van der Waals surface area contributed by atoms with Crippen LogP contribution in [0.2, 0.25) is 0 Å².